The van der Waals surface area contributed by atoms with Crippen molar-refractivity contribution in [3.63, 3.8) is 0 Å². The molecular weight excluding hydrogens is 291 g/mol. The van der Waals surface area contributed by atoms with Crippen molar-refractivity contribution in [1.82, 2.24) is 0 Å². The van der Waals surface area contributed by atoms with Crippen LogP contribution in [0, 0.1) is 20.8 Å². The molecule has 0 heterocycles. The van der Waals surface area contributed by atoms with E-state index in [0.717, 1.165) is 42.4 Å². The van der Waals surface area contributed by atoms with E-state index in [1.165, 1.54) is 0 Å². The van der Waals surface area contributed by atoms with Gasteiger partial charge in [-0.1, -0.05) is 51.3 Å². The van der Waals surface area contributed by atoms with Gasteiger partial charge >= 0.3 is 0 Å². The Kier molecular flexibility index (Phi) is 4.74. The van der Waals surface area contributed by atoms with Crippen molar-refractivity contribution in [2.75, 3.05) is 0 Å². The van der Waals surface area contributed by atoms with Crippen LogP contribution in [0.4, 0.5) is 0 Å². The minimum Gasteiger partial charge on any atom is -0.314 e. The quantitative estimate of drug-likeness (QED) is 0.654. The monoisotopic (exact) mass is 320 g/mol. The normalized spacial score (nSPS) is 19.2. The molecule has 0 radical (unpaired) electrons. The van der Waals surface area contributed by atoms with Gasteiger partial charge in [-0.05, 0) is 44.7 Å². The molecule has 1 aromatic rings. The van der Waals surface area contributed by atoms with Gasteiger partial charge < -0.3 is 4.57 Å². The number of carbonyl (C=O) groups is 1. The van der Waals surface area contributed by atoms with Crippen LogP contribution < -0.4 is 0 Å². The summed E-state index contributed by atoms with van der Waals surface area (Å²) in [6, 6.07) is 4.06. The van der Waals surface area contributed by atoms with Gasteiger partial charge in [-0.2, -0.15) is 0 Å². The van der Waals surface area contributed by atoms with Gasteiger partial charge in [0.1, 0.15) is 0 Å². The van der Waals surface area contributed by atoms with E-state index in [1.54, 1.807) is 0 Å². The zero-order valence-corrected chi connectivity index (χ0v) is 15.7. The average Bonchev–Trinajstić information content (AvgIpc) is 2.88. The number of rotatable bonds is 3. The van der Waals surface area contributed by atoms with Crippen molar-refractivity contribution in [3.05, 3.63) is 34.4 Å². The first-order valence-electron chi connectivity index (χ1n) is 8.31. The molecule has 1 aliphatic carbocycles. The van der Waals surface area contributed by atoms with Crippen LogP contribution >= 0.6 is 7.14 Å². The summed E-state index contributed by atoms with van der Waals surface area (Å²) >= 11 is 0. The van der Waals surface area contributed by atoms with E-state index < -0.39 is 12.3 Å². The van der Waals surface area contributed by atoms with Crippen LogP contribution in [0.3, 0.4) is 0 Å². The number of hydrogen-bond donors (Lipinski definition) is 0. The molecule has 1 aliphatic rings. The third-order valence-electron chi connectivity index (χ3n) is 5.03. The lowest BCUT2D eigenvalue weighted by atomic mass is 10.0. The standard InChI is InChI=1S/C19H29O2P/c1-13-11-14(2)17(15(3)12-13)18(20)22(21,19(4,5)6)16-9-7-8-10-16/h11-12,16H,7-10H2,1-6H3. The largest absolute Gasteiger partial charge is 0.314 e. The smallest absolute Gasteiger partial charge is 0.222 e. The Morgan fingerprint density at radius 2 is 1.50 bits per heavy atom. The van der Waals surface area contributed by atoms with Crippen LogP contribution in [0.1, 0.15) is 73.5 Å². The SMILES string of the molecule is Cc1cc(C)c(C(=O)P(=O)(C2CCCC2)C(C)(C)C)c(C)c1. The molecule has 0 bridgehead atoms. The van der Waals surface area contributed by atoms with Crippen molar-refractivity contribution in [1.29, 1.82) is 0 Å². The topological polar surface area (TPSA) is 34.1 Å². The Bertz CT molecular complexity index is 608. The molecule has 1 fully saturated rings. The fourth-order valence-corrected chi connectivity index (χ4v) is 7.78. The number of benzene rings is 1. The Balaban J connectivity index is 2.59. The number of carbonyl (C=O) groups excluding carboxylic acids is 1. The molecule has 0 N–H and O–H groups in total. The maximum atomic E-state index is 14.0. The van der Waals surface area contributed by atoms with Gasteiger partial charge in [0.15, 0.2) is 7.14 Å². The molecule has 2 nitrogen and oxygen atoms in total. The van der Waals surface area contributed by atoms with Crippen LogP contribution in [-0.4, -0.2) is 16.3 Å². The Hall–Kier alpha value is -0.880. The molecule has 0 amide bonds. The van der Waals surface area contributed by atoms with Gasteiger partial charge in [0.25, 0.3) is 0 Å². The maximum absolute atomic E-state index is 14.0. The lowest BCUT2D eigenvalue weighted by molar-refractivity contribution is 0.106. The minimum atomic E-state index is -2.97. The fraction of sp³-hybridized carbons (Fsp3) is 0.632. The molecule has 1 unspecified atom stereocenters. The van der Waals surface area contributed by atoms with E-state index in [2.05, 4.69) is 0 Å². The highest BCUT2D eigenvalue weighted by Crippen LogP contribution is 2.67. The summed E-state index contributed by atoms with van der Waals surface area (Å²) in [6.07, 6.45) is 4.07. The highest BCUT2D eigenvalue weighted by atomic mass is 31.2. The molecule has 1 atom stereocenters. The molecule has 0 spiro atoms. The molecule has 3 heteroatoms. The van der Waals surface area contributed by atoms with Gasteiger partial charge in [0.2, 0.25) is 5.52 Å². The van der Waals surface area contributed by atoms with E-state index >= 15 is 0 Å². The second kappa shape index (κ2) is 5.96. The minimum absolute atomic E-state index is 0.0695. The van der Waals surface area contributed by atoms with Gasteiger partial charge in [0, 0.05) is 16.4 Å². The second-order valence-corrected chi connectivity index (χ2v) is 11.6. The molecule has 122 valence electrons. The fourth-order valence-electron chi connectivity index (χ4n) is 3.97. The molecule has 0 aliphatic heterocycles. The predicted molar refractivity (Wildman–Crippen MR) is 94.6 cm³/mol. The van der Waals surface area contributed by atoms with Gasteiger partial charge in [-0.3, -0.25) is 4.79 Å². The van der Waals surface area contributed by atoms with Gasteiger partial charge in [-0.25, -0.2) is 0 Å². The van der Waals surface area contributed by atoms with E-state index in [-0.39, 0.29) is 11.2 Å². The summed E-state index contributed by atoms with van der Waals surface area (Å²) in [6.45, 7) is 11.9. The van der Waals surface area contributed by atoms with Crippen molar-refractivity contribution in [3.8, 4) is 0 Å². The van der Waals surface area contributed by atoms with Crippen LogP contribution in [0.15, 0.2) is 12.1 Å². The van der Waals surface area contributed by atoms with E-state index in [1.807, 2.05) is 53.7 Å². The summed E-state index contributed by atoms with van der Waals surface area (Å²) < 4.78 is 14.0. The van der Waals surface area contributed by atoms with Crippen LogP contribution in [0.25, 0.3) is 0 Å². The molecule has 1 aromatic carbocycles. The highest BCUT2D eigenvalue weighted by molar-refractivity contribution is 7.83. The van der Waals surface area contributed by atoms with Crippen molar-refractivity contribution in [2.45, 2.75) is 78.0 Å². The van der Waals surface area contributed by atoms with Crippen molar-refractivity contribution in [2.24, 2.45) is 0 Å². The highest BCUT2D eigenvalue weighted by Gasteiger charge is 2.50. The molecule has 0 saturated heterocycles. The zero-order chi connectivity index (χ0) is 16.7. The van der Waals surface area contributed by atoms with Crippen molar-refractivity contribution >= 4 is 12.7 Å². The molecule has 22 heavy (non-hydrogen) atoms. The second-order valence-electron chi connectivity index (χ2n) is 7.85. The van der Waals surface area contributed by atoms with Gasteiger partial charge in [0.05, 0.1) is 0 Å². The third-order valence-corrected chi connectivity index (χ3v) is 9.39. The summed E-state index contributed by atoms with van der Waals surface area (Å²) in [5, 5.41) is -0.469. The molecule has 2 rings (SSSR count). The van der Waals surface area contributed by atoms with Gasteiger partial charge in [-0.15, -0.1) is 0 Å². The first-order chi connectivity index (χ1) is 10.1. The maximum Gasteiger partial charge on any atom is 0.222 e. The van der Waals surface area contributed by atoms with E-state index in [9.17, 15) is 9.36 Å². The van der Waals surface area contributed by atoms with Crippen molar-refractivity contribution < 1.29 is 9.36 Å². The Labute approximate surface area is 135 Å². The molecule has 1 saturated carbocycles. The first-order valence-corrected chi connectivity index (χ1v) is 10.1. The molecule has 0 aromatic heterocycles. The average molecular weight is 320 g/mol. The van der Waals surface area contributed by atoms with Crippen LogP contribution in [0.2, 0.25) is 0 Å². The molecular formula is C19H29O2P. The predicted octanol–water partition coefficient (Wildman–Crippen LogP) is 5.86. The first kappa shape index (κ1) is 17.5. The Morgan fingerprint density at radius 1 is 1.05 bits per heavy atom. The van der Waals surface area contributed by atoms with Crippen LogP contribution in [0.5, 0.6) is 0 Å². The lowest BCUT2D eigenvalue weighted by Crippen LogP contribution is -2.28. The third kappa shape index (κ3) is 2.83. The summed E-state index contributed by atoms with van der Waals surface area (Å²) in [7, 11) is -2.97. The van der Waals surface area contributed by atoms with E-state index in [4.69, 9.17) is 0 Å². The summed E-state index contributed by atoms with van der Waals surface area (Å²) in [4.78, 5) is 13.4. The van der Waals surface area contributed by atoms with E-state index in [0.29, 0.717) is 5.56 Å². The lowest BCUT2D eigenvalue weighted by Gasteiger charge is -2.35. The Morgan fingerprint density at radius 3 is 1.91 bits per heavy atom. The summed E-state index contributed by atoms with van der Waals surface area (Å²) in [5.41, 5.74) is 3.77. The van der Waals surface area contributed by atoms with Crippen LogP contribution in [-0.2, 0) is 4.57 Å². The number of aryl methyl sites for hydroxylation is 3. The number of hydrogen-bond acceptors (Lipinski definition) is 2. The summed E-state index contributed by atoms with van der Waals surface area (Å²) in [5.74, 6) is 0. The zero-order valence-electron chi connectivity index (χ0n) is 14.8.